The maximum Gasteiger partial charge on any atom is 0.433 e. The first-order chi connectivity index (χ1) is 16.8. The standard InChI is InChI=1S/C25H31F3N4O3/c1-16-18(4-3-5-21(16)34-2)24-20(30-10-12-35-13-11-30)8-9-31(24)23(33)15-32-22(25(26,27)28)14-19(29-32)17-6-7-17/h3-5,14,17,20,24H,6-13,15H2,1-2H3/t20-,24-/m1/s1. The molecule has 3 fully saturated rings. The van der Waals surface area contributed by atoms with Crippen LogP contribution in [-0.4, -0.2) is 71.5 Å². The summed E-state index contributed by atoms with van der Waals surface area (Å²) < 4.78 is 53.1. The number of carbonyl (C=O) groups excluding carboxylic acids is 1. The number of benzene rings is 1. The van der Waals surface area contributed by atoms with E-state index >= 15 is 0 Å². The van der Waals surface area contributed by atoms with E-state index in [4.69, 9.17) is 9.47 Å². The number of aromatic nitrogens is 2. The molecule has 1 saturated carbocycles. The van der Waals surface area contributed by atoms with Crippen molar-refractivity contribution >= 4 is 5.91 Å². The largest absolute Gasteiger partial charge is 0.496 e. The van der Waals surface area contributed by atoms with E-state index in [2.05, 4.69) is 10.00 Å². The second kappa shape index (κ2) is 9.46. The zero-order valence-corrected chi connectivity index (χ0v) is 20.1. The molecule has 2 atom stereocenters. The molecule has 0 bridgehead atoms. The van der Waals surface area contributed by atoms with Gasteiger partial charge in [-0.3, -0.25) is 14.4 Å². The molecule has 10 heteroatoms. The lowest BCUT2D eigenvalue weighted by Gasteiger charge is -2.38. The number of likely N-dealkylation sites (tertiary alicyclic amines) is 1. The van der Waals surface area contributed by atoms with Crippen molar-refractivity contribution in [1.29, 1.82) is 0 Å². The van der Waals surface area contributed by atoms with Gasteiger partial charge in [-0.2, -0.15) is 18.3 Å². The van der Waals surface area contributed by atoms with Gasteiger partial charge in [0.1, 0.15) is 18.0 Å². The highest BCUT2D eigenvalue weighted by molar-refractivity contribution is 5.77. The molecule has 0 radical (unpaired) electrons. The van der Waals surface area contributed by atoms with Crippen molar-refractivity contribution in [2.45, 2.75) is 56.9 Å². The van der Waals surface area contributed by atoms with E-state index in [0.717, 1.165) is 60.0 Å². The van der Waals surface area contributed by atoms with Crippen molar-refractivity contribution in [2.24, 2.45) is 0 Å². The van der Waals surface area contributed by atoms with Crippen LogP contribution < -0.4 is 4.74 Å². The first-order valence-corrected chi connectivity index (χ1v) is 12.2. The van der Waals surface area contributed by atoms with Gasteiger partial charge in [0.2, 0.25) is 5.91 Å². The number of halogens is 3. The molecule has 2 saturated heterocycles. The molecule has 2 aromatic rings. The smallest absolute Gasteiger partial charge is 0.433 e. The minimum Gasteiger partial charge on any atom is -0.496 e. The number of hydrogen-bond acceptors (Lipinski definition) is 5. The lowest BCUT2D eigenvalue weighted by Crippen LogP contribution is -2.47. The summed E-state index contributed by atoms with van der Waals surface area (Å²) in [7, 11) is 1.61. The highest BCUT2D eigenvalue weighted by Gasteiger charge is 2.44. The third-order valence-electron chi connectivity index (χ3n) is 7.44. The number of nitrogens with zero attached hydrogens (tertiary/aromatic N) is 4. The third-order valence-corrected chi connectivity index (χ3v) is 7.44. The van der Waals surface area contributed by atoms with Crippen molar-refractivity contribution in [3.63, 3.8) is 0 Å². The molecule has 1 aromatic carbocycles. The molecule has 0 unspecified atom stereocenters. The van der Waals surface area contributed by atoms with Gasteiger partial charge in [0, 0.05) is 31.6 Å². The number of amides is 1. The molecule has 5 rings (SSSR count). The Morgan fingerprint density at radius 2 is 1.91 bits per heavy atom. The number of ether oxygens (including phenoxy) is 2. The van der Waals surface area contributed by atoms with E-state index in [9.17, 15) is 18.0 Å². The van der Waals surface area contributed by atoms with E-state index < -0.39 is 18.4 Å². The summed E-state index contributed by atoms with van der Waals surface area (Å²) in [5.41, 5.74) is 1.47. The average molecular weight is 493 g/mol. The maximum absolute atomic E-state index is 13.7. The predicted molar refractivity (Wildman–Crippen MR) is 122 cm³/mol. The van der Waals surface area contributed by atoms with Crippen LogP contribution in [0.4, 0.5) is 13.2 Å². The van der Waals surface area contributed by atoms with E-state index in [1.807, 2.05) is 25.1 Å². The number of rotatable bonds is 6. The summed E-state index contributed by atoms with van der Waals surface area (Å²) in [6.07, 6.45) is -2.14. The van der Waals surface area contributed by atoms with Gasteiger partial charge in [0.05, 0.1) is 32.1 Å². The van der Waals surface area contributed by atoms with Gasteiger partial charge in [-0.05, 0) is 49.4 Å². The highest BCUT2D eigenvalue weighted by Crippen LogP contribution is 2.42. The number of morpholine rings is 1. The minimum absolute atomic E-state index is 0.0513. The molecule has 7 nitrogen and oxygen atoms in total. The van der Waals surface area contributed by atoms with Crippen LogP contribution in [0.15, 0.2) is 24.3 Å². The number of alkyl halides is 3. The summed E-state index contributed by atoms with van der Waals surface area (Å²) in [6.45, 7) is 4.77. The fourth-order valence-corrected chi connectivity index (χ4v) is 5.48. The second-order valence-electron chi connectivity index (χ2n) is 9.59. The molecule has 1 aromatic heterocycles. The summed E-state index contributed by atoms with van der Waals surface area (Å²) in [5.74, 6) is 0.434. The lowest BCUT2D eigenvalue weighted by atomic mass is 9.94. The Kier molecular flexibility index (Phi) is 6.52. The molecule has 0 spiro atoms. The number of carbonyl (C=O) groups is 1. The number of methoxy groups -OCH3 is 1. The Morgan fingerprint density at radius 1 is 1.17 bits per heavy atom. The van der Waals surface area contributed by atoms with Crippen LogP contribution in [0.1, 0.15) is 53.7 Å². The quantitative estimate of drug-likeness (QED) is 0.615. The van der Waals surface area contributed by atoms with Gasteiger partial charge in [-0.1, -0.05) is 12.1 Å². The van der Waals surface area contributed by atoms with Crippen LogP contribution in [0.5, 0.6) is 5.75 Å². The van der Waals surface area contributed by atoms with E-state index in [1.165, 1.54) is 0 Å². The molecule has 3 heterocycles. The topological polar surface area (TPSA) is 59.8 Å². The van der Waals surface area contributed by atoms with Crippen LogP contribution in [0.3, 0.4) is 0 Å². The molecule has 1 aliphatic carbocycles. The van der Waals surface area contributed by atoms with Gasteiger partial charge in [0.15, 0.2) is 0 Å². The molecule has 0 N–H and O–H groups in total. The van der Waals surface area contributed by atoms with Gasteiger partial charge < -0.3 is 14.4 Å². The van der Waals surface area contributed by atoms with Crippen LogP contribution >= 0.6 is 0 Å². The van der Waals surface area contributed by atoms with E-state index in [0.29, 0.717) is 25.5 Å². The molecule has 2 aliphatic heterocycles. The van der Waals surface area contributed by atoms with Crippen molar-refractivity contribution in [1.82, 2.24) is 19.6 Å². The average Bonchev–Trinajstić information content (AvgIpc) is 3.44. The van der Waals surface area contributed by atoms with Crippen LogP contribution in [0.2, 0.25) is 0 Å². The molecule has 190 valence electrons. The first-order valence-electron chi connectivity index (χ1n) is 12.2. The minimum atomic E-state index is -4.56. The fourth-order valence-electron chi connectivity index (χ4n) is 5.48. The highest BCUT2D eigenvalue weighted by atomic mass is 19.4. The molecule has 1 amide bonds. The van der Waals surface area contributed by atoms with Crippen molar-refractivity contribution in [3.05, 3.63) is 46.8 Å². The molecule has 35 heavy (non-hydrogen) atoms. The van der Waals surface area contributed by atoms with E-state index in [1.54, 1.807) is 12.0 Å². The van der Waals surface area contributed by atoms with Crippen LogP contribution in [-0.2, 0) is 22.3 Å². The summed E-state index contributed by atoms with van der Waals surface area (Å²) in [6, 6.07) is 6.63. The fraction of sp³-hybridized carbons (Fsp3) is 0.600. The second-order valence-corrected chi connectivity index (χ2v) is 9.59. The Labute approximate surface area is 202 Å². The lowest BCUT2D eigenvalue weighted by molar-refractivity contribution is -0.146. The van der Waals surface area contributed by atoms with E-state index in [-0.39, 0.29) is 23.9 Å². The normalized spacial score (nSPS) is 23.6. The Bertz CT molecular complexity index is 1080. The van der Waals surface area contributed by atoms with Crippen molar-refractivity contribution < 1.29 is 27.4 Å². The predicted octanol–water partition coefficient (Wildman–Crippen LogP) is 3.77. The molecular weight excluding hydrogens is 461 g/mol. The van der Waals surface area contributed by atoms with Crippen LogP contribution in [0.25, 0.3) is 0 Å². The molecule has 3 aliphatic rings. The summed E-state index contributed by atoms with van der Waals surface area (Å²) in [4.78, 5) is 17.7. The van der Waals surface area contributed by atoms with Crippen molar-refractivity contribution in [3.8, 4) is 5.75 Å². The Balaban J connectivity index is 1.46. The number of hydrogen-bond donors (Lipinski definition) is 0. The van der Waals surface area contributed by atoms with Gasteiger partial charge in [0.25, 0.3) is 0 Å². The summed E-state index contributed by atoms with van der Waals surface area (Å²) in [5, 5.41) is 4.20. The maximum atomic E-state index is 13.7. The van der Waals surface area contributed by atoms with Crippen LogP contribution in [0, 0.1) is 6.92 Å². The zero-order valence-electron chi connectivity index (χ0n) is 20.1. The molecular formula is C25H31F3N4O3. The third kappa shape index (κ3) is 4.78. The Morgan fingerprint density at radius 3 is 2.57 bits per heavy atom. The SMILES string of the molecule is COc1cccc([C@@H]2[C@H](N3CCOCC3)CCN2C(=O)Cn2nc(C3CC3)cc2C(F)(F)F)c1C. The van der Waals surface area contributed by atoms with Gasteiger partial charge >= 0.3 is 6.18 Å². The van der Waals surface area contributed by atoms with Crippen molar-refractivity contribution in [2.75, 3.05) is 40.0 Å². The van der Waals surface area contributed by atoms with Gasteiger partial charge in [-0.15, -0.1) is 0 Å². The monoisotopic (exact) mass is 492 g/mol. The Hall–Kier alpha value is -2.59. The first kappa shape index (κ1) is 24.1. The zero-order chi connectivity index (χ0) is 24.7. The summed E-state index contributed by atoms with van der Waals surface area (Å²) >= 11 is 0. The van der Waals surface area contributed by atoms with Gasteiger partial charge in [-0.25, -0.2) is 0 Å².